The fourth-order valence-electron chi connectivity index (χ4n) is 2.06. The molecule has 0 amide bonds. The van der Waals surface area contributed by atoms with Crippen LogP contribution < -0.4 is 0 Å². The van der Waals surface area contributed by atoms with Gasteiger partial charge >= 0.3 is 0 Å². The van der Waals surface area contributed by atoms with Crippen LogP contribution in [0.1, 0.15) is 78.1 Å². The summed E-state index contributed by atoms with van der Waals surface area (Å²) in [5.74, 6) is 0. The molecule has 2 unspecified atom stereocenters. The Morgan fingerprint density at radius 2 is 1.05 bits per heavy atom. The molecule has 0 aromatic carbocycles. The molecule has 1 nitrogen and oxygen atoms in total. The van der Waals surface area contributed by atoms with Crippen LogP contribution in [-0.4, -0.2) is 24.0 Å². The van der Waals surface area contributed by atoms with Crippen LogP contribution in [0.3, 0.4) is 0 Å². The van der Waals surface area contributed by atoms with Crippen LogP contribution in [0, 0.1) is 0 Å². The second-order valence-electron chi connectivity index (χ2n) is 5.38. The topological polar surface area (TPSA) is 9.23 Å². The summed E-state index contributed by atoms with van der Waals surface area (Å²) in [6, 6.07) is 0. The molecule has 0 bridgehead atoms. The van der Waals surface area contributed by atoms with Crippen molar-refractivity contribution >= 4 is 23.2 Å². The molecule has 0 fully saturated rings. The molecule has 0 aliphatic carbocycles. The Morgan fingerprint density at radius 3 is 1.42 bits per heavy atom. The molecule has 0 rings (SSSR count). The van der Waals surface area contributed by atoms with Crippen LogP contribution in [0.15, 0.2) is 0 Å². The smallest absolute Gasteiger partial charge is 0.0466 e. The first-order chi connectivity index (χ1) is 9.20. The highest BCUT2D eigenvalue weighted by Crippen LogP contribution is 2.15. The average molecular weight is 311 g/mol. The Kier molecular flexibility index (Phi) is 15.4. The lowest BCUT2D eigenvalue weighted by Crippen LogP contribution is -2.05. The molecule has 0 aliphatic heterocycles. The normalized spacial score (nSPS) is 14.5. The van der Waals surface area contributed by atoms with Gasteiger partial charge in [-0.2, -0.15) is 0 Å². The van der Waals surface area contributed by atoms with E-state index in [-0.39, 0.29) is 0 Å². The molecular weight excluding hydrogens is 279 g/mol. The van der Waals surface area contributed by atoms with E-state index in [0.717, 1.165) is 51.7 Å². The van der Waals surface area contributed by atoms with E-state index in [2.05, 4.69) is 13.8 Å². The highest BCUT2D eigenvalue weighted by Gasteiger charge is 2.05. The fraction of sp³-hybridized carbons (Fsp3) is 1.00. The van der Waals surface area contributed by atoms with Crippen LogP contribution in [-0.2, 0) is 4.74 Å². The van der Waals surface area contributed by atoms with Crippen molar-refractivity contribution in [3.05, 3.63) is 0 Å². The second-order valence-corrected chi connectivity index (χ2v) is 6.61. The van der Waals surface area contributed by atoms with Crippen LogP contribution in [0.25, 0.3) is 0 Å². The zero-order valence-corrected chi connectivity index (χ0v) is 14.3. The highest BCUT2D eigenvalue weighted by atomic mass is 35.5. The summed E-state index contributed by atoms with van der Waals surface area (Å²) in [7, 11) is 0. The van der Waals surface area contributed by atoms with Gasteiger partial charge in [0.1, 0.15) is 0 Å². The Bertz CT molecular complexity index is 158. The van der Waals surface area contributed by atoms with Crippen molar-refractivity contribution in [2.45, 2.75) is 88.8 Å². The van der Waals surface area contributed by atoms with Crippen LogP contribution in [0.4, 0.5) is 0 Å². The Labute approximate surface area is 130 Å². The number of alkyl halides is 2. The average Bonchev–Trinajstić information content (AvgIpc) is 2.41. The van der Waals surface area contributed by atoms with E-state index in [9.17, 15) is 0 Å². The van der Waals surface area contributed by atoms with Gasteiger partial charge in [0.25, 0.3) is 0 Å². The molecule has 0 N–H and O–H groups in total. The van der Waals surface area contributed by atoms with Crippen molar-refractivity contribution in [3.8, 4) is 0 Å². The first-order valence-corrected chi connectivity index (χ1v) is 8.93. The van der Waals surface area contributed by atoms with Gasteiger partial charge in [0.05, 0.1) is 0 Å². The van der Waals surface area contributed by atoms with Crippen LogP contribution >= 0.6 is 23.2 Å². The lowest BCUT2D eigenvalue weighted by Gasteiger charge is -2.10. The van der Waals surface area contributed by atoms with Gasteiger partial charge in [0.15, 0.2) is 0 Å². The first kappa shape index (κ1) is 19.5. The molecule has 2 atom stereocenters. The number of halogens is 2. The fourth-order valence-corrected chi connectivity index (χ4v) is 2.67. The van der Waals surface area contributed by atoms with Crippen molar-refractivity contribution in [2.24, 2.45) is 0 Å². The molecule has 0 saturated heterocycles. The maximum absolute atomic E-state index is 6.22. The van der Waals surface area contributed by atoms with E-state index in [1.807, 2.05) is 0 Å². The first-order valence-electron chi connectivity index (χ1n) is 8.06. The minimum absolute atomic E-state index is 0.338. The lowest BCUT2D eigenvalue weighted by molar-refractivity contribution is 0.126. The molecule has 0 aromatic heterocycles. The molecule has 0 aliphatic rings. The van der Waals surface area contributed by atoms with Gasteiger partial charge in [-0.3, -0.25) is 0 Å². The van der Waals surface area contributed by atoms with Crippen molar-refractivity contribution in [1.29, 1.82) is 0 Å². The summed E-state index contributed by atoms with van der Waals surface area (Å²) < 4.78 is 5.63. The Balaban J connectivity index is 3.18. The van der Waals surface area contributed by atoms with Gasteiger partial charge in [-0.1, -0.05) is 39.5 Å². The Hall–Kier alpha value is 0.540. The third-order valence-corrected chi connectivity index (χ3v) is 4.23. The highest BCUT2D eigenvalue weighted by molar-refractivity contribution is 6.20. The summed E-state index contributed by atoms with van der Waals surface area (Å²) >= 11 is 12.4. The zero-order valence-electron chi connectivity index (χ0n) is 12.8. The van der Waals surface area contributed by atoms with Crippen molar-refractivity contribution in [1.82, 2.24) is 0 Å². The SMILES string of the molecule is CCCCC(Cl)CCCOCCCC(Cl)CCCC. The number of unbranched alkanes of at least 4 members (excludes halogenated alkanes) is 2. The zero-order chi connectivity index (χ0) is 14.3. The van der Waals surface area contributed by atoms with E-state index in [0.29, 0.717) is 10.8 Å². The summed E-state index contributed by atoms with van der Waals surface area (Å²) in [5.41, 5.74) is 0. The summed E-state index contributed by atoms with van der Waals surface area (Å²) in [6.07, 6.45) is 11.6. The summed E-state index contributed by atoms with van der Waals surface area (Å²) in [4.78, 5) is 0. The molecule has 3 heteroatoms. The lowest BCUT2D eigenvalue weighted by atomic mass is 10.1. The summed E-state index contributed by atoms with van der Waals surface area (Å²) in [5, 5.41) is 0.676. The quantitative estimate of drug-likeness (QED) is 0.276. The molecule has 116 valence electrons. The number of hydrogen-bond donors (Lipinski definition) is 0. The Morgan fingerprint density at radius 1 is 0.684 bits per heavy atom. The minimum Gasteiger partial charge on any atom is -0.381 e. The maximum Gasteiger partial charge on any atom is 0.0466 e. The van der Waals surface area contributed by atoms with Gasteiger partial charge in [0.2, 0.25) is 0 Å². The molecule has 0 aromatic rings. The molecule has 0 saturated carbocycles. The largest absolute Gasteiger partial charge is 0.381 e. The molecule has 0 spiro atoms. The minimum atomic E-state index is 0.338. The maximum atomic E-state index is 6.22. The van der Waals surface area contributed by atoms with Crippen LogP contribution in [0.5, 0.6) is 0 Å². The molecule has 19 heavy (non-hydrogen) atoms. The van der Waals surface area contributed by atoms with Gasteiger partial charge < -0.3 is 4.74 Å². The molecule has 0 radical (unpaired) electrons. The van der Waals surface area contributed by atoms with E-state index in [4.69, 9.17) is 27.9 Å². The number of ether oxygens (including phenoxy) is 1. The predicted octanol–water partition coefficient (Wildman–Crippen LogP) is 6.16. The number of rotatable bonds is 14. The van der Waals surface area contributed by atoms with E-state index >= 15 is 0 Å². The molecule has 0 heterocycles. The van der Waals surface area contributed by atoms with Crippen LogP contribution in [0.2, 0.25) is 0 Å². The van der Waals surface area contributed by atoms with E-state index in [1.54, 1.807) is 0 Å². The van der Waals surface area contributed by atoms with Crippen molar-refractivity contribution in [2.75, 3.05) is 13.2 Å². The van der Waals surface area contributed by atoms with E-state index in [1.165, 1.54) is 25.7 Å². The van der Waals surface area contributed by atoms with Crippen molar-refractivity contribution < 1.29 is 4.74 Å². The number of hydrogen-bond acceptors (Lipinski definition) is 1. The summed E-state index contributed by atoms with van der Waals surface area (Å²) in [6.45, 7) is 6.10. The monoisotopic (exact) mass is 310 g/mol. The van der Waals surface area contributed by atoms with Gasteiger partial charge in [-0.25, -0.2) is 0 Å². The third-order valence-electron chi connectivity index (χ3n) is 3.35. The van der Waals surface area contributed by atoms with Gasteiger partial charge in [-0.05, 0) is 38.5 Å². The standard InChI is InChI=1S/C16H32Cl2O/c1-3-5-9-15(17)11-7-13-19-14-8-12-16(18)10-6-4-2/h15-16H,3-14H2,1-2H3. The predicted molar refractivity (Wildman–Crippen MR) is 87.6 cm³/mol. The molecular formula is C16H32Cl2O. The van der Waals surface area contributed by atoms with Gasteiger partial charge in [-0.15, -0.1) is 23.2 Å². The second kappa shape index (κ2) is 14.9. The third kappa shape index (κ3) is 14.8. The van der Waals surface area contributed by atoms with Crippen molar-refractivity contribution in [3.63, 3.8) is 0 Å². The van der Waals surface area contributed by atoms with E-state index < -0.39 is 0 Å². The van der Waals surface area contributed by atoms with Gasteiger partial charge in [0, 0.05) is 24.0 Å².